The first-order valence-corrected chi connectivity index (χ1v) is 25.0. The maximum absolute atomic E-state index is 5.29. The van der Waals surface area contributed by atoms with E-state index in [4.69, 9.17) is 15.0 Å². The van der Waals surface area contributed by atoms with E-state index in [1.54, 1.807) is 0 Å². The van der Waals surface area contributed by atoms with Gasteiger partial charge in [-0.1, -0.05) is 146 Å². The molecule has 0 aliphatic carbocycles. The third-order valence-electron chi connectivity index (χ3n) is 14.1. The summed E-state index contributed by atoms with van der Waals surface area (Å²) in [5, 5.41) is 8.93. The Morgan fingerprint density at radius 3 is 1.43 bits per heavy atom. The number of pyridine rings is 2. The molecule has 352 valence electrons. The zero-order valence-corrected chi connectivity index (χ0v) is 40.5. The topological polar surface area (TPSA) is 75.9 Å². The van der Waals surface area contributed by atoms with Crippen molar-refractivity contribution in [1.82, 2.24) is 29.5 Å². The Hall–Kier alpha value is -10.3. The summed E-state index contributed by atoms with van der Waals surface area (Å²) in [6.07, 6.45) is 7.49. The molecule has 0 saturated heterocycles. The number of aromatic nitrogens is 6. The molecule has 0 N–H and O–H groups in total. The van der Waals surface area contributed by atoms with E-state index in [-0.39, 0.29) is 0 Å². The maximum atomic E-state index is 5.29. The maximum Gasteiger partial charge on any atom is 0.164 e. The van der Waals surface area contributed by atoms with Crippen LogP contribution in [-0.4, -0.2) is 29.5 Å². The van der Waals surface area contributed by atoms with Crippen LogP contribution in [0.1, 0.15) is 0 Å². The summed E-state index contributed by atoms with van der Waals surface area (Å²) in [5.74, 6) is 1.80. The molecule has 8 nitrogen and oxygen atoms in total. The van der Waals surface area contributed by atoms with Crippen LogP contribution in [0.4, 0.5) is 34.1 Å². The van der Waals surface area contributed by atoms with Gasteiger partial charge in [-0.05, 0) is 119 Å². The van der Waals surface area contributed by atoms with Crippen LogP contribution >= 0.6 is 0 Å². The van der Waals surface area contributed by atoms with E-state index < -0.39 is 0 Å². The lowest BCUT2D eigenvalue weighted by molar-refractivity contribution is 1.07. The SMILES string of the molecule is c1ccc(N(c2cccnc2)c2ccc3c(c2)c2cc(N(c4ccccc4)c4cccnc4)c4ccccc4c2n3-c2cccc(-c3nc(-c4ccc5ccccc5c4)nc(-c4ccc5ccccc5c4)n3)c2)cc1. The number of hydrogen-bond donors (Lipinski definition) is 0. The second-order valence-corrected chi connectivity index (χ2v) is 18.6. The lowest BCUT2D eigenvalue weighted by Gasteiger charge is -2.27. The molecule has 0 bridgehead atoms. The van der Waals surface area contributed by atoms with Gasteiger partial charge < -0.3 is 14.4 Å². The first-order chi connectivity index (χ1) is 37.2. The van der Waals surface area contributed by atoms with Crippen LogP contribution in [0.3, 0.4) is 0 Å². The Labute approximate surface area is 432 Å². The van der Waals surface area contributed by atoms with E-state index in [9.17, 15) is 0 Å². The van der Waals surface area contributed by atoms with Gasteiger partial charge in [-0.15, -0.1) is 0 Å². The van der Waals surface area contributed by atoms with Crippen molar-refractivity contribution in [3.8, 4) is 39.9 Å². The van der Waals surface area contributed by atoms with Gasteiger partial charge in [-0.25, -0.2) is 15.0 Å². The van der Waals surface area contributed by atoms with Gasteiger partial charge in [0.25, 0.3) is 0 Å². The Balaban J connectivity index is 1.02. The van der Waals surface area contributed by atoms with E-state index in [1.165, 1.54) is 0 Å². The van der Waals surface area contributed by atoms with Crippen LogP contribution in [-0.2, 0) is 0 Å². The van der Waals surface area contributed by atoms with E-state index >= 15 is 0 Å². The van der Waals surface area contributed by atoms with E-state index in [0.717, 1.165) is 111 Å². The fourth-order valence-corrected chi connectivity index (χ4v) is 10.6. The average molecular weight is 961 g/mol. The summed E-state index contributed by atoms with van der Waals surface area (Å²) < 4.78 is 2.41. The normalized spacial score (nSPS) is 11.5. The molecule has 4 aromatic heterocycles. The minimum Gasteiger partial charge on any atom is -0.309 e. The lowest BCUT2D eigenvalue weighted by Crippen LogP contribution is -2.10. The number of anilines is 6. The number of fused-ring (bicyclic) bond motifs is 7. The van der Waals surface area contributed by atoms with Crippen molar-refractivity contribution >= 4 is 88.2 Å². The molecule has 0 unspecified atom stereocenters. The summed E-state index contributed by atoms with van der Waals surface area (Å²) in [4.78, 5) is 29.5. The van der Waals surface area contributed by atoms with Crippen LogP contribution in [0.5, 0.6) is 0 Å². The Bertz CT molecular complexity index is 4250. The smallest absolute Gasteiger partial charge is 0.164 e. The van der Waals surface area contributed by atoms with Gasteiger partial charge in [0, 0.05) is 73.4 Å². The molecular weight excluding hydrogens is 917 g/mol. The summed E-state index contributed by atoms with van der Waals surface area (Å²) in [6, 6.07) is 85.4. The van der Waals surface area contributed by atoms with E-state index in [1.807, 2.05) is 36.9 Å². The molecule has 0 fully saturated rings. The van der Waals surface area contributed by atoms with Gasteiger partial charge in [-0.2, -0.15) is 0 Å². The zero-order chi connectivity index (χ0) is 49.7. The molecule has 0 aliphatic rings. The fraction of sp³-hybridized carbons (Fsp3) is 0. The van der Waals surface area contributed by atoms with Gasteiger partial charge in [-0.3, -0.25) is 9.97 Å². The number of nitrogens with zero attached hydrogens (tertiary/aromatic N) is 8. The second-order valence-electron chi connectivity index (χ2n) is 18.6. The third kappa shape index (κ3) is 7.85. The first kappa shape index (κ1) is 43.5. The van der Waals surface area contributed by atoms with Crippen molar-refractivity contribution in [2.24, 2.45) is 0 Å². The summed E-state index contributed by atoms with van der Waals surface area (Å²) >= 11 is 0. The Kier molecular flexibility index (Phi) is 10.7. The van der Waals surface area contributed by atoms with Gasteiger partial charge in [0.15, 0.2) is 17.5 Å². The van der Waals surface area contributed by atoms with Crippen LogP contribution in [0.25, 0.3) is 94.0 Å². The van der Waals surface area contributed by atoms with Gasteiger partial charge in [0.1, 0.15) is 0 Å². The highest BCUT2D eigenvalue weighted by Crippen LogP contribution is 2.47. The monoisotopic (exact) mass is 960 g/mol. The Morgan fingerprint density at radius 2 is 0.827 bits per heavy atom. The number of rotatable bonds is 10. The highest BCUT2D eigenvalue weighted by molar-refractivity contribution is 6.23. The van der Waals surface area contributed by atoms with Crippen LogP contribution in [0.2, 0.25) is 0 Å². The minimum absolute atomic E-state index is 0.582. The summed E-state index contributed by atoms with van der Waals surface area (Å²) in [6.45, 7) is 0. The standard InChI is InChI=1S/C67H44N8/c1-3-21-52(22-4-1)73(56-26-14-36-68-43-56)55-34-35-62-60(41-55)61-42-63(74(53-23-5-2-6-24-53)57-27-15-37-69-44-57)58-28-11-12-29-59(58)64(61)75(62)54-25-13-20-49(40-54)65-70-66(50-32-30-45-16-7-9-18-47(45)38-50)72-67(71-65)51-33-31-46-17-8-10-19-48(46)39-51/h1-44H. The van der Waals surface area contributed by atoms with Gasteiger partial charge in [0.2, 0.25) is 0 Å². The molecule has 0 amide bonds. The van der Waals surface area contributed by atoms with Gasteiger partial charge >= 0.3 is 0 Å². The van der Waals surface area contributed by atoms with Gasteiger partial charge in [0.05, 0.1) is 40.5 Å². The molecule has 0 aliphatic heterocycles. The molecule has 4 heterocycles. The lowest BCUT2D eigenvalue weighted by atomic mass is 10.0. The molecule has 0 spiro atoms. The van der Waals surface area contributed by atoms with Crippen molar-refractivity contribution in [2.75, 3.05) is 9.80 Å². The number of hydrogen-bond acceptors (Lipinski definition) is 7. The predicted molar refractivity (Wildman–Crippen MR) is 308 cm³/mol. The molecule has 14 rings (SSSR count). The highest BCUT2D eigenvalue weighted by atomic mass is 15.2. The molecule has 0 atom stereocenters. The molecule has 0 saturated carbocycles. The second kappa shape index (κ2) is 18.4. The van der Waals surface area contributed by atoms with Crippen molar-refractivity contribution in [3.05, 3.63) is 267 Å². The Morgan fingerprint density at radius 1 is 0.307 bits per heavy atom. The van der Waals surface area contributed by atoms with Crippen LogP contribution < -0.4 is 9.80 Å². The van der Waals surface area contributed by atoms with Crippen molar-refractivity contribution in [3.63, 3.8) is 0 Å². The first-order valence-electron chi connectivity index (χ1n) is 25.0. The predicted octanol–water partition coefficient (Wildman–Crippen LogP) is 17.2. The molecule has 75 heavy (non-hydrogen) atoms. The van der Waals surface area contributed by atoms with Crippen LogP contribution in [0.15, 0.2) is 267 Å². The highest BCUT2D eigenvalue weighted by Gasteiger charge is 2.24. The molecule has 14 aromatic rings. The average Bonchev–Trinajstić information content (AvgIpc) is 3.82. The molecular formula is C67H44N8. The van der Waals surface area contributed by atoms with E-state index in [0.29, 0.717) is 17.5 Å². The molecule has 8 heteroatoms. The van der Waals surface area contributed by atoms with Crippen molar-refractivity contribution in [2.45, 2.75) is 0 Å². The van der Waals surface area contributed by atoms with E-state index in [2.05, 4.69) is 255 Å². The minimum atomic E-state index is 0.582. The number of para-hydroxylation sites is 2. The quantitative estimate of drug-likeness (QED) is 0.135. The van der Waals surface area contributed by atoms with Crippen LogP contribution in [0, 0.1) is 0 Å². The summed E-state index contributed by atoms with van der Waals surface area (Å²) in [7, 11) is 0. The van der Waals surface area contributed by atoms with Crippen molar-refractivity contribution < 1.29 is 0 Å². The number of benzene rings is 10. The fourth-order valence-electron chi connectivity index (χ4n) is 10.6. The summed E-state index contributed by atoms with van der Waals surface area (Å²) in [5.41, 5.74) is 11.8. The molecule has 10 aromatic carbocycles. The molecule has 0 radical (unpaired) electrons. The van der Waals surface area contributed by atoms with Crippen molar-refractivity contribution in [1.29, 1.82) is 0 Å². The largest absolute Gasteiger partial charge is 0.309 e. The third-order valence-corrected chi connectivity index (χ3v) is 14.1. The zero-order valence-electron chi connectivity index (χ0n) is 40.5.